The van der Waals surface area contributed by atoms with Crippen LogP contribution in [0.25, 0.3) is 0 Å². The Morgan fingerprint density at radius 1 is 1.18 bits per heavy atom. The van der Waals surface area contributed by atoms with Crippen molar-refractivity contribution in [2.45, 2.75) is 18.4 Å². The second-order valence-corrected chi connectivity index (χ2v) is 6.17. The fourth-order valence-electron chi connectivity index (χ4n) is 1.74. The molecular formula is C14H12FNO5S. The Balaban J connectivity index is 2.22. The summed E-state index contributed by atoms with van der Waals surface area (Å²) in [4.78, 5) is 10.00. The van der Waals surface area contributed by atoms with Gasteiger partial charge in [-0.2, -0.15) is 8.42 Å². The maximum atomic E-state index is 13.0. The fourth-order valence-corrected chi connectivity index (χ4v) is 2.63. The van der Waals surface area contributed by atoms with Crippen LogP contribution < -0.4 is 0 Å². The van der Waals surface area contributed by atoms with E-state index in [0.29, 0.717) is 0 Å². The molecule has 0 amide bonds. The Morgan fingerprint density at radius 3 is 2.41 bits per heavy atom. The molecule has 0 aliphatic carbocycles. The average Bonchev–Trinajstić information content (AvgIpc) is 2.46. The monoisotopic (exact) mass is 325 g/mol. The maximum Gasteiger partial charge on any atom is 0.297 e. The van der Waals surface area contributed by atoms with Gasteiger partial charge in [0.2, 0.25) is 0 Å². The zero-order chi connectivity index (χ0) is 16.3. The Hall–Kier alpha value is -2.32. The van der Waals surface area contributed by atoms with Gasteiger partial charge in [-0.05, 0) is 31.2 Å². The van der Waals surface area contributed by atoms with E-state index in [1.54, 1.807) is 19.1 Å². The quantitative estimate of drug-likeness (QED) is 0.479. The number of hydrogen-bond donors (Lipinski definition) is 0. The van der Waals surface area contributed by atoms with E-state index in [1.165, 1.54) is 12.1 Å². The first-order valence-electron chi connectivity index (χ1n) is 6.18. The molecule has 0 aromatic heterocycles. The molecule has 0 saturated carbocycles. The number of halogens is 1. The molecule has 0 bridgehead atoms. The molecule has 8 heteroatoms. The van der Waals surface area contributed by atoms with Crippen LogP contribution in [0.15, 0.2) is 47.4 Å². The molecule has 0 radical (unpaired) electrons. The first-order chi connectivity index (χ1) is 10.3. The summed E-state index contributed by atoms with van der Waals surface area (Å²) < 4.78 is 41.8. The van der Waals surface area contributed by atoms with E-state index in [9.17, 15) is 22.9 Å². The van der Waals surface area contributed by atoms with Gasteiger partial charge in [-0.15, -0.1) is 0 Å². The molecule has 0 unspecified atom stereocenters. The number of nitro benzene ring substituents is 1. The molecule has 116 valence electrons. The number of benzene rings is 2. The van der Waals surface area contributed by atoms with Crippen molar-refractivity contribution in [2.75, 3.05) is 0 Å². The number of hydrogen-bond acceptors (Lipinski definition) is 5. The molecule has 0 saturated heterocycles. The van der Waals surface area contributed by atoms with Gasteiger partial charge in [-0.25, -0.2) is 4.39 Å². The zero-order valence-corrected chi connectivity index (χ0v) is 12.3. The SMILES string of the molecule is Cc1ccc(S(=O)(=O)OCc2ccc(F)cc2[N+](=O)[O-])cc1. The number of rotatable bonds is 5. The number of nitro groups is 1. The van der Waals surface area contributed by atoms with E-state index in [0.717, 1.165) is 23.8 Å². The number of nitrogens with zero attached hydrogens (tertiary/aromatic N) is 1. The van der Waals surface area contributed by atoms with Gasteiger partial charge in [0, 0.05) is 0 Å². The Bertz CT molecular complexity index is 802. The Morgan fingerprint density at radius 2 is 1.82 bits per heavy atom. The standard InChI is InChI=1S/C14H12FNO5S/c1-10-2-6-13(7-3-10)22(19,20)21-9-11-4-5-12(15)8-14(11)16(17)18/h2-8H,9H2,1H3. The third-order valence-corrected chi connectivity index (χ3v) is 4.20. The van der Waals surface area contributed by atoms with Crippen LogP contribution in [0.3, 0.4) is 0 Å². The molecule has 0 fully saturated rings. The van der Waals surface area contributed by atoms with Gasteiger partial charge >= 0.3 is 0 Å². The van der Waals surface area contributed by atoms with Crippen LogP contribution >= 0.6 is 0 Å². The summed E-state index contributed by atoms with van der Waals surface area (Å²) in [5, 5.41) is 10.8. The minimum Gasteiger partial charge on any atom is -0.261 e. The topological polar surface area (TPSA) is 86.5 Å². The van der Waals surface area contributed by atoms with Gasteiger partial charge in [-0.1, -0.05) is 17.7 Å². The van der Waals surface area contributed by atoms with E-state index >= 15 is 0 Å². The van der Waals surface area contributed by atoms with Gasteiger partial charge in [0.15, 0.2) is 0 Å². The van der Waals surface area contributed by atoms with E-state index in [1.807, 2.05) is 0 Å². The van der Waals surface area contributed by atoms with Crippen molar-refractivity contribution >= 4 is 15.8 Å². The first kappa shape index (κ1) is 16.1. The summed E-state index contributed by atoms with van der Waals surface area (Å²) in [7, 11) is -4.04. The van der Waals surface area contributed by atoms with Crippen LogP contribution in [0.2, 0.25) is 0 Å². The van der Waals surface area contributed by atoms with Crippen LogP contribution in [-0.4, -0.2) is 13.3 Å². The summed E-state index contributed by atoms with van der Waals surface area (Å²) in [6, 6.07) is 8.82. The Kier molecular flexibility index (Phi) is 4.53. The van der Waals surface area contributed by atoms with Gasteiger partial charge in [0.25, 0.3) is 15.8 Å². The lowest BCUT2D eigenvalue weighted by molar-refractivity contribution is -0.386. The second-order valence-electron chi connectivity index (χ2n) is 4.56. The Labute approximate surface area is 126 Å². The molecule has 6 nitrogen and oxygen atoms in total. The molecule has 0 N–H and O–H groups in total. The predicted molar refractivity (Wildman–Crippen MR) is 76.2 cm³/mol. The average molecular weight is 325 g/mol. The van der Waals surface area contributed by atoms with Gasteiger partial charge in [0.1, 0.15) is 5.82 Å². The van der Waals surface area contributed by atoms with Crippen molar-refractivity contribution in [3.63, 3.8) is 0 Å². The lowest BCUT2D eigenvalue weighted by atomic mass is 10.2. The highest BCUT2D eigenvalue weighted by Crippen LogP contribution is 2.22. The summed E-state index contributed by atoms with van der Waals surface area (Å²) in [5.74, 6) is -0.781. The lowest BCUT2D eigenvalue weighted by Gasteiger charge is -2.07. The maximum absolute atomic E-state index is 13.0. The van der Waals surface area contributed by atoms with Crippen LogP contribution in [0.4, 0.5) is 10.1 Å². The van der Waals surface area contributed by atoms with Crippen molar-refractivity contribution in [3.05, 3.63) is 69.5 Å². The normalized spacial score (nSPS) is 11.4. The largest absolute Gasteiger partial charge is 0.297 e. The summed E-state index contributed by atoms with van der Waals surface area (Å²) >= 11 is 0. The molecule has 0 aliphatic heterocycles. The van der Waals surface area contributed by atoms with Crippen LogP contribution in [-0.2, 0) is 20.9 Å². The smallest absolute Gasteiger partial charge is 0.261 e. The van der Waals surface area contributed by atoms with Gasteiger partial charge in [0.05, 0.1) is 28.1 Å². The lowest BCUT2D eigenvalue weighted by Crippen LogP contribution is -2.08. The summed E-state index contributed by atoms with van der Waals surface area (Å²) in [5.41, 5.74) is 0.328. The molecule has 2 aromatic carbocycles. The highest BCUT2D eigenvalue weighted by molar-refractivity contribution is 7.86. The van der Waals surface area contributed by atoms with Crippen molar-refractivity contribution in [1.82, 2.24) is 0 Å². The molecule has 0 spiro atoms. The van der Waals surface area contributed by atoms with Crippen LogP contribution in [0.5, 0.6) is 0 Å². The molecule has 0 heterocycles. The highest BCUT2D eigenvalue weighted by atomic mass is 32.2. The molecule has 0 atom stereocenters. The van der Waals surface area contributed by atoms with E-state index < -0.39 is 33.2 Å². The molecule has 22 heavy (non-hydrogen) atoms. The zero-order valence-electron chi connectivity index (χ0n) is 11.5. The molecular weight excluding hydrogens is 313 g/mol. The van der Waals surface area contributed by atoms with Crippen molar-refractivity contribution in [1.29, 1.82) is 0 Å². The van der Waals surface area contributed by atoms with Crippen LogP contribution in [0, 0.1) is 22.9 Å². The van der Waals surface area contributed by atoms with Gasteiger partial charge in [-0.3, -0.25) is 14.3 Å². The second kappa shape index (κ2) is 6.20. The molecule has 2 rings (SSSR count). The third-order valence-electron chi connectivity index (χ3n) is 2.92. The van der Waals surface area contributed by atoms with Crippen molar-refractivity contribution in [3.8, 4) is 0 Å². The fraction of sp³-hybridized carbons (Fsp3) is 0.143. The number of aryl methyl sites for hydroxylation is 1. The van der Waals surface area contributed by atoms with Gasteiger partial charge < -0.3 is 0 Å². The van der Waals surface area contributed by atoms with E-state index in [-0.39, 0.29) is 10.5 Å². The first-order valence-corrected chi connectivity index (χ1v) is 7.59. The molecule has 0 aliphatic rings. The predicted octanol–water partition coefficient (Wildman–Crippen LogP) is 2.95. The van der Waals surface area contributed by atoms with E-state index in [4.69, 9.17) is 4.18 Å². The third kappa shape index (κ3) is 3.66. The van der Waals surface area contributed by atoms with E-state index in [2.05, 4.69) is 0 Å². The van der Waals surface area contributed by atoms with Crippen molar-refractivity contribution in [2.24, 2.45) is 0 Å². The minimum absolute atomic E-state index is 0.0258. The van der Waals surface area contributed by atoms with Crippen molar-refractivity contribution < 1.29 is 21.9 Å². The minimum atomic E-state index is -4.04. The van der Waals surface area contributed by atoms with Crippen LogP contribution in [0.1, 0.15) is 11.1 Å². The summed E-state index contributed by atoms with van der Waals surface area (Å²) in [6.07, 6.45) is 0. The molecule has 2 aromatic rings. The highest BCUT2D eigenvalue weighted by Gasteiger charge is 2.20. The summed E-state index contributed by atoms with van der Waals surface area (Å²) in [6.45, 7) is 1.26.